The monoisotopic (exact) mass is 449 g/mol. The Morgan fingerprint density at radius 3 is 2.62 bits per heavy atom. The predicted molar refractivity (Wildman–Crippen MR) is 127 cm³/mol. The van der Waals surface area contributed by atoms with Crippen LogP contribution in [-0.2, 0) is 20.1 Å². The first-order valence-corrected chi connectivity index (χ1v) is 11.0. The Balaban J connectivity index is 1.73. The molecule has 5 rings (SSSR count). The molecule has 1 atom stereocenters. The second-order valence-electron chi connectivity index (χ2n) is 8.61. The van der Waals surface area contributed by atoms with E-state index in [1.165, 1.54) is 9.13 Å². The molecule has 1 aliphatic heterocycles. The van der Waals surface area contributed by atoms with E-state index < -0.39 is 5.69 Å². The Kier molecular flexibility index (Phi) is 4.93. The highest BCUT2D eigenvalue weighted by Gasteiger charge is 2.29. The fourth-order valence-corrected chi connectivity index (χ4v) is 4.69. The number of hydrogen-bond donors (Lipinski definition) is 0. The molecular weight excluding hydrogens is 426 g/mol. The number of aromatic nitrogens is 4. The lowest BCUT2D eigenvalue weighted by Crippen LogP contribution is -2.40. The van der Waals surface area contributed by atoms with Gasteiger partial charge in [-0.1, -0.05) is 42.8 Å². The zero-order valence-electron chi connectivity index (χ0n) is 18.2. The van der Waals surface area contributed by atoms with Crippen molar-refractivity contribution < 1.29 is 0 Å². The number of rotatable bonds is 3. The van der Waals surface area contributed by atoms with Crippen LogP contribution in [0.1, 0.15) is 18.1 Å². The summed E-state index contributed by atoms with van der Waals surface area (Å²) in [6, 6.07) is 15.4. The maximum atomic E-state index is 13.6. The maximum Gasteiger partial charge on any atom is 0.332 e. The highest BCUT2D eigenvalue weighted by molar-refractivity contribution is 6.30. The van der Waals surface area contributed by atoms with Crippen LogP contribution in [0.3, 0.4) is 0 Å². The van der Waals surface area contributed by atoms with Crippen LogP contribution in [-0.4, -0.2) is 25.2 Å². The van der Waals surface area contributed by atoms with E-state index in [4.69, 9.17) is 16.6 Å². The average molecular weight is 450 g/mol. The van der Waals surface area contributed by atoms with Gasteiger partial charge < -0.3 is 9.47 Å². The highest BCUT2D eigenvalue weighted by atomic mass is 35.5. The van der Waals surface area contributed by atoms with Crippen LogP contribution in [0.25, 0.3) is 11.2 Å². The van der Waals surface area contributed by atoms with Gasteiger partial charge in [0.1, 0.15) is 0 Å². The first kappa shape index (κ1) is 20.6. The lowest BCUT2D eigenvalue weighted by Gasteiger charge is -2.33. The third kappa shape index (κ3) is 3.33. The van der Waals surface area contributed by atoms with Crippen LogP contribution in [0.15, 0.2) is 58.1 Å². The number of halogens is 1. The van der Waals surface area contributed by atoms with Crippen LogP contribution in [0.5, 0.6) is 0 Å². The van der Waals surface area contributed by atoms with Crippen molar-refractivity contribution in [2.24, 2.45) is 13.0 Å². The van der Waals surface area contributed by atoms with Gasteiger partial charge in [-0.25, -0.2) is 4.79 Å². The molecule has 1 aliphatic rings. The molecule has 2 aromatic heterocycles. The number of benzene rings is 2. The second-order valence-corrected chi connectivity index (χ2v) is 9.05. The Morgan fingerprint density at radius 2 is 1.88 bits per heavy atom. The lowest BCUT2D eigenvalue weighted by molar-refractivity contribution is 0.458. The molecule has 0 saturated carbocycles. The van der Waals surface area contributed by atoms with Crippen LogP contribution in [0.4, 0.5) is 11.6 Å². The summed E-state index contributed by atoms with van der Waals surface area (Å²) in [6.07, 6.45) is 0. The molecule has 0 fully saturated rings. The summed E-state index contributed by atoms with van der Waals surface area (Å²) in [7, 11) is 1.66. The molecule has 0 amide bonds. The van der Waals surface area contributed by atoms with E-state index in [9.17, 15) is 9.59 Å². The van der Waals surface area contributed by atoms with Gasteiger partial charge in [-0.3, -0.25) is 13.9 Å². The van der Waals surface area contributed by atoms with E-state index >= 15 is 0 Å². The zero-order chi connectivity index (χ0) is 22.6. The van der Waals surface area contributed by atoms with Crippen LogP contribution in [0.2, 0.25) is 5.02 Å². The molecular formula is C24H24ClN5O2. The van der Waals surface area contributed by atoms with Crippen molar-refractivity contribution in [3.63, 3.8) is 0 Å². The summed E-state index contributed by atoms with van der Waals surface area (Å²) in [6.45, 7) is 5.82. The van der Waals surface area contributed by atoms with Gasteiger partial charge in [-0.05, 0) is 48.2 Å². The van der Waals surface area contributed by atoms with Crippen molar-refractivity contribution >= 4 is 34.4 Å². The van der Waals surface area contributed by atoms with E-state index in [2.05, 4.69) is 30.9 Å². The summed E-state index contributed by atoms with van der Waals surface area (Å²) in [5.74, 6) is 0.995. The van der Waals surface area contributed by atoms with Crippen molar-refractivity contribution in [2.75, 3.05) is 11.4 Å². The molecule has 0 aliphatic carbocycles. The fourth-order valence-electron chi connectivity index (χ4n) is 4.48. The minimum Gasteiger partial charge on any atom is -0.312 e. The predicted octanol–water partition coefficient (Wildman–Crippen LogP) is 3.69. The van der Waals surface area contributed by atoms with Gasteiger partial charge in [0, 0.05) is 30.8 Å². The first-order chi connectivity index (χ1) is 15.3. The van der Waals surface area contributed by atoms with Gasteiger partial charge in [-0.2, -0.15) is 4.98 Å². The molecule has 2 aromatic carbocycles. The molecule has 7 nitrogen and oxygen atoms in total. The van der Waals surface area contributed by atoms with Crippen molar-refractivity contribution in [3.05, 3.63) is 85.5 Å². The van der Waals surface area contributed by atoms with Gasteiger partial charge >= 0.3 is 5.69 Å². The molecule has 0 bridgehead atoms. The quantitative estimate of drug-likeness (QED) is 0.478. The van der Waals surface area contributed by atoms with Crippen molar-refractivity contribution in [2.45, 2.75) is 26.9 Å². The van der Waals surface area contributed by atoms with Crippen molar-refractivity contribution in [1.29, 1.82) is 0 Å². The van der Waals surface area contributed by atoms with Crippen LogP contribution < -0.4 is 16.1 Å². The summed E-state index contributed by atoms with van der Waals surface area (Å²) in [5, 5.41) is 0.567. The van der Waals surface area contributed by atoms with Gasteiger partial charge in [0.05, 0.1) is 6.54 Å². The fraction of sp³-hybridized carbons (Fsp3) is 0.292. The summed E-state index contributed by atoms with van der Waals surface area (Å²) >= 11 is 6.11. The smallest absolute Gasteiger partial charge is 0.312 e. The summed E-state index contributed by atoms with van der Waals surface area (Å²) in [5.41, 5.74) is 3.10. The third-order valence-corrected chi connectivity index (χ3v) is 6.22. The van der Waals surface area contributed by atoms with Crippen molar-refractivity contribution in [3.8, 4) is 0 Å². The minimum absolute atomic E-state index is 0.152. The lowest BCUT2D eigenvalue weighted by atomic mass is 10.1. The summed E-state index contributed by atoms with van der Waals surface area (Å²) < 4.78 is 4.69. The van der Waals surface area contributed by atoms with Gasteiger partial charge in [0.25, 0.3) is 5.56 Å². The van der Waals surface area contributed by atoms with E-state index in [1.54, 1.807) is 19.2 Å². The minimum atomic E-state index is -0.395. The first-order valence-electron chi connectivity index (χ1n) is 10.6. The summed E-state index contributed by atoms with van der Waals surface area (Å²) in [4.78, 5) is 33.6. The Bertz CT molecular complexity index is 1470. The molecule has 32 heavy (non-hydrogen) atoms. The SMILES string of the molecule is Cc1cccc(N2CC(C)Cn3c2nc2c3c(=O)n(Cc3cccc(Cl)c3)c(=O)n2C)c1. The molecule has 3 heterocycles. The number of hydrogen-bond acceptors (Lipinski definition) is 4. The average Bonchev–Trinajstić information content (AvgIpc) is 3.14. The van der Waals surface area contributed by atoms with Crippen LogP contribution in [0, 0.1) is 12.8 Å². The molecule has 0 N–H and O–H groups in total. The van der Waals surface area contributed by atoms with E-state index in [1.807, 2.05) is 28.8 Å². The zero-order valence-corrected chi connectivity index (χ0v) is 19.0. The molecule has 0 spiro atoms. The molecule has 4 aromatic rings. The van der Waals surface area contributed by atoms with E-state index in [-0.39, 0.29) is 12.1 Å². The highest BCUT2D eigenvalue weighted by Crippen LogP contribution is 2.33. The number of imidazole rings is 1. The van der Waals surface area contributed by atoms with E-state index in [0.717, 1.165) is 23.4 Å². The normalized spacial score (nSPS) is 15.9. The van der Waals surface area contributed by atoms with Crippen molar-refractivity contribution in [1.82, 2.24) is 18.7 Å². The maximum absolute atomic E-state index is 13.6. The molecule has 8 heteroatoms. The molecule has 0 radical (unpaired) electrons. The third-order valence-electron chi connectivity index (χ3n) is 5.99. The number of anilines is 2. The van der Waals surface area contributed by atoms with Gasteiger partial charge in [0.2, 0.25) is 5.95 Å². The number of fused-ring (bicyclic) bond motifs is 3. The number of nitrogens with zero attached hydrogens (tertiary/aromatic N) is 5. The Labute approximate surface area is 190 Å². The largest absolute Gasteiger partial charge is 0.332 e. The number of aryl methyl sites for hydroxylation is 2. The van der Waals surface area contributed by atoms with Gasteiger partial charge in [0.15, 0.2) is 11.2 Å². The van der Waals surface area contributed by atoms with Gasteiger partial charge in [-0.15, -0.1) is 0 Å². The second kappa shape index (κ2) is 7.67. The molecule has 164 valence electrons. The van der Waals surface area contributed by atoms with Crippen LogP contribution >= 0.6 is 11.6 Å². The Morgan fingerprint density at radius 1 is 1.09 bits per heavy atom. The van der Waals surface area contributed by atoms with E-state index in [0.29, 0.717) is 34.6 Å². The standard InChI is InChI=1S/C24H24ClN5O2/c1-15-6-4-9-19(10-15)28-12-16(2)13-29-20-21(26-23(28)29)27(3)24(32)30(22(20)31)14-17-7-5-8-18(25)11-17/h4-11,16H,12-14H2,1-3H3. The molecule has 0 saturated heterocycles. The topological polar surface area (TPSA) is 65.1 Å². The molecule has 1 unspecified atom stereocenters. The Hall–Kier alpha value is -3.32.